The number of hydrogen-bond donors (Lipinski definition) is 2. The van der Waals surface area contributed by atoms with E-state index in [0.717, 1.165) is 43.3 Å². The fraction of sp³-hybridized carbons (Fsp3) is 0.500. The molecule has 3 rings (SSSR count). The summed E-state index contributed by atoms with van der Waals surface area (Å²) in [5, 5.41) is 7.93. The molecule has 112 valence electrons. The Bertz CT molecular complexity index is 674. The number of nitrogens with zero attached hydrogens (tertiary/aromatic N) is 2. The number of nitrogen functional groups attached to an aromatic ring is 1. The van der Waals surface area contributed by atoms with E-state index in [1.54, 1.807) is 0 Å². The molecule has 0 atom stereocenters. The molecule has 1 aliphatic heterocycles. The van der Waals surface area contributed by atoms with Gasteiger partial charge >= 0.3 is 0 Å². The van der Waals surface area contributed by atoms with E-state index in [1.807, 2.05) is 23.1 Å². The van der Waals surface area contributed by atoms with Gasteiger partial charge in [0.1, 0.15) is 0 Å². The number of amides is 1. The van der Waals surface area contributed by atoms with Gasteiger partial charge in [0.25, 0.3) is 5.91 Å². The van der Waals surface area contributed by atoms with Crippen molar-refractivity contribution >= 4 is 22.5 Å². The van der Waals surface area contributed by atoms with Crippen molar-refractivity contribution in [3.05, 3.63) is 23.9 Å². The van der Waals surface area contributed by atoms with Crippen molar-refractivity contribution in [1.82, 2.24) is 15.1 Å². The van der Waals surface area contributed by atoms with Crippen LogP contribution in [0, 0.1) is 5.41 Å². The molecule has 1 aromatic heterocycles. The minimum atomic E-state index is 0.00421. The van der Waals surface area contributed by atoms with Crippen LogP contribution in [0.15, 0.2) is 18.2 Å². The van der Waals surface area contributed by atoms with Gasteiger partial charge in [-0.2, -0.15) is 5.10 Å². The molecule has 1 aliphatic rings. The second-order valence-corrected chi connectivity index (χ2v) is 6.69. The van der Waals surface area contributed by atoms with Crippen molar-refractivity contribution in [3.8, 4) is 0 Å². The maximum absolute atomic E-state index is 12.8. The number of likely N-dealkylation sites (tertiary alicyclic amines) is 1. The molecule has 5 heteroatoms. The molecule has 0 saturated carbocycles. The smallest absolute Gasteiger partial charge is 0.274 e. The van der Waals surface area contributed by atoms with Crippen LogP contribution in [-0.2, 0) is 0 Å². The minimum absolute atomic E-state index is 0.00421. The molecular weight excluding hydrogens is 264 g/mol. The molecule has 0 radical (unpaired) electrons. The number of anilines is 1. The Balaban J connectivity index is 1.88. The van der Waals surface area contributed by atoms with Crippen molar-refractivity contribution < 1.29 is 4.79 Å². The molecule has 0 aliphatic carbocycles. The summed E-state index contributed by atoms with van der Waals surface area (Å²) in [7, 11) is 0. The third-order valence-electron chi connectivity index (χ3n) is 4.42. The molecule has 0 unspecified atom stereocenters. The molecule has 1 saturated heterocycles. The summed E-state index contributed by atoms with van der Waals surface area (Å²) in [4.78, 5) is 14.7. The van der Waals surface area contributed by atoms with Crippen LogP contribution < -0.4 is 5.73 Å². The molecular formula is C16H22N4O. The van der Waals surface area contributed by atoms with Crippen LogP contribution in [0.3, 0.4) is 0 Å². The average Bonchev–Trinajstić information content (AvgIpc) is 2.75. The minimum Gasteiger partial charge on any atom is -0.399 e. The molecule has 0 spiro atoms. The lowest BCUT2D eigenvalue weighted by atomic mass is 9.85. The lowest BCUT2D eigenvalue weighted by molar-refractivity contribution is 0.0753. The number of aromatic nitrogens is 2. The second-order valence-electron chi connectivity index (χ2n) is 6.69. The van der Waals surface area contributed by atoms with Gasteiger partial charge in [0.05, 0.1) is 5.52 Å². The highest BCUT2D eigenvalue weighted by Crippen LogP contribution is 2.30. The van der Waals surface area contributed by atoms with E-state index in [0.29, 0.717) is 16.8 Å². The van der Waals surface area contributed by atoms with Gasteiger partial charge in [-0.05, 0) is 42.9 Å². The quantitative estimate of drug-likeness (QED) is 0.792. The first-order valence-electron chi connectivity index (χ1n) is 7.49. The first-order valence-corrected chi connectivity index (χ1v) is 7.49. The third-order valence-corrected chi connectivity index (χ3v) is 4.42. The van der Waals surface area contributed by atoms with Crippen LogP contribution in [0.4, 0.5) is 5.69 Å². The molecule has 5 nitrogen and oxygen atoms in total. The highest BCUT2D eigenvalue weighted by Gasteiger charge is 2.27. The molecule has 1 fully saturated rings. The number of nitrogens with one attached hydrogen (secondary N) is 1. The molecule has 1 aromatic carbocycles. The van der Waals surface area contributed by atoms with Gasteiger partial charge < -0.3 is 10.6 Å². The largest absolute Gasteiger partial charge is 0.399 e. The Morgan fingerprint density at radius 2 is 2.14 bits per heavy atom. The fourth-order valence-corrected chi connectivity index (χ4v) is 2.97. The molecule has 2 heterocycles. The van der Waals surface area contributed by atoms with Crippen LogP contribution >= 0.6 is 0 Å². The lowest BCUT2D eigenvalue weighted by Crippen LogP contribution is -2.32. The predicted octanol–water partition coefficient (Wildman–Crippen LogP) is 2.80. The van der Waals surface area contributed by atoms with Crippen LogP contribution in [0.1, 0.15) is 43.6 Å². The lowest BCUT2D eigenvalue weighted by Gasteiger charge is -2.23. The highest BCUT2D eigenvalue weighted by molar-refractivity contribution is 6.05. The first kappa shape index (κ1) is 13.9. The summed E-state index contributed by atoms with van der Waals surface area (Å²) in [6, 6.07) is 5.48. The summed E-state index contributed by atoms with van der Waals surface area (Å²) < 4.78 is 0. The van der Waals surface area contributed by atoms with E-state index in [1.165, 1.54) is 0 Å². The van der Waals surface area contributed by atoms with Gasteiger partial charge in [0, 0.05) is 24.2 Å². The zero-order chi connectivity index (χ0) is 15.0. The van der Waals surface area contributed by atoms with Crippen molar-refractivity contribution in [3.63, 3.8) is 0 Å². The monoisotopic (exact) mass is 286 g/mol. The van der Waals surface area contributed by atoms with E-state index in [4.69, 9.17) is 5.73 Å². The standard InChI is InChI=1S/C16H22N4O/c1-16(2)6-3-8-20(9-7-16)15(21)14-12-10-11(17)4-5-13(12)18-19-14/h4-5,10H,3,6-9,17H2,1-2H3,(H,18,19). The third kappa shape index (κ3) is 2.73. The number of aromatic amines is 1. The average molecular weight is 286 g/mol. The number of hydrogen-bond acceptors (Lipinski definition) is 3. The molecule has 3 N–H and O–H groups in total. The maximum atomic E-state index is 12.8. The van der Waals surface area contributed by atoms with Gasteiger partial charge in [-0.15, -0.1) is 0 Å². The number of rotatable bonds is 1. The molecule has 2 aromatic rings. The summed E-state index contributed by atoms with van der Waals surface area (Å²) in [5.41, 5.74) is 8.12. The fourth-order valence-electron chi connectivity index (χ4n) is 2.97. The van der Waals surface area contributed by atoms with Crippen molar-refractivity contribution in [2.75, 3.05) is 18.8 Å². The van der Waals surface area contributed by atoms with E-state index in [2.05, 4.69) is 24.0 Å². The number of carbonyl (C=O) groups is 1. The second kappa shape index (κ2) is 5.06. The number of nitrogens with two attached hydrogens (primary N) is 1. The summed E-state index contributed by atoms with van der Waals surface area (Å²) in [6.45, 7) is 6.14. The molecule has 1 amide bonds. The molecule has 21 heavy (non-hydrogen) atoms. The first-order chi connectivity index (χ1) is 9.96. The zero-order valence-electron chi connectivity index (χ0n) is 12.6. The van der Waals surface area contributed by atoms with Crippen LogP contribution in [0.2, 0.25) is 0 Å². The Hall–Kier alpha value is -2.04. The Morgan fingerprint density at radius 1 is 1.33 bits per heavy atom. The van der Waals surface area contributed by atoms with Crippen LogP contribution in [0.5, 0.6) is 0 Å². The summed E-state index contributed by atoms with van der Waals surface area (Å²) in [5.74, 6) is 0.00421. The summed E-state index contributed by atoms with van der Waals surface area (Å²) in [6.07, 6.45) is 3.23. The van der Waals surface area contributed by atoms with Crippen molar-refractivity contribution in [2.45, 2.75) is 33.1 Å². The van der Waals surface area contributed by atoms with Gasteiger partial charge in [-0.25, -0.2) is 0 Å². The Morgan fingerprint density at radius 3 is 2.95 bits per heavy atom. The van der Waals surface area contributed by atoms with E-state index in [9.17, 15) is 4.79 Å². The predicted molar refractivity (Wildman–Crippen MR) is 84.0 cm³/mol. The maximum Gasteiger partial charge on any atom is 0.274 e. The van der Waals surface area contributed by atoms with Gasteiger partial charge in [0.2, 0.25) is 0 Å². The van der Waals surface area contributed by atoms with E-state index < -0.39 is 0 Å². The number of H-pyrrole nitrogens is 1. The zero-order valence-corrected chi connectivity index (χ0v) is 12.6. The Labute approximate surface area is 124 Å². The summed E-state index contributed by atoms with van der Waals surface area (Å²) >= 11 is 0. The van der Waals surface area contributed by atoms with Crippen molar-refractivity contribution in [2.24, 2.45) is 5.41 Å². The van der Waals surface area contributed by atoms with Crippen molar-refractivity contribution in [1.29, 1.82) is 0 Å². The Kier molecular flexibility index (Phi) is 3.35. The molecule has 0 bridgehead atoms. The van der Waals surface area contributed by atoms with Gasteiger partial charge in [-0.1, -0.05) is 13.8 Å². The van der Waals surface area contributed by atoms with Crippen LogP contribution in [0.25, 0.3) is 10.9 Å². The van der Waals surface area contributed by atoms with Gasteiger partial charge in [-0.3, -0.25) is 9.89 Å². The van der Waals surface area contributed by atoms with E-state index >= 15 is 0 Å². The topological polar surface area (TPSA) is 75.0 Å². The number of benzene rings is 1. The number of fused-ring (bicyclic) bond motifs is 1. The SMILES string of the molecule is CC1(C)CCCN(C(=O)c2n[nH]c3ccc(N)cc23)CC1. The van der Waals surface area contributed by atoms with E-state index in [-0.39, 0.29) is 5.91 Å². The number of carbonyl (C=O) groups excluding carboxylic acids is 1. The normalized spacial score (nSPS) is 18.7. The highest BCUT2D eigenvalue weighted by atomic mass is 16.2. The van der Waals surface area contributed by atoms with Gasteiger partial charge in [0.15, 0.2) is 5.69 Å². The van der Waals surface area contributed by atoms with Crippen LogP contribution in [-0.4, -0.2) is 34.1 Å².